The Morgan fingerprint density at radius 1 is 1.17 bits per heavy atom. The van der Waals surface area contributed by atoms with Gasteiger partial charge < -0.3 is 9.64 Å². The van der Waals surface area contributed by atoms with Crippen LogP contribution in [0.3, 0.4) is 0 Å². The van der Waals surface area contributed by atoms with E-state index in [1.165, 1.54) is 7.11 Å². The minimum atomic E-state index is -3.52. The number of rotatable bonds is 6. The van der Waals surface area contributed by atoms with E-state index < -0.39 is 10.0 Å². The van der Waals surface area contributed by atoms with E-state index in [0.29, 0.717) is 17.0 Å². The third-order valence-corrected chi connectivity index (χ3v) is 7.87. The number of fused-ring (bicyclic) bond motifs is 1. The van der Waals surface area contributed by atoms with Crippen LogP contribution in [0.2, 0.25) is 0 Å². The Morgan fingerprint density at radius 2 is 1.92 bits per heavy atom. The third-order valence-electron chi connectivity index (χ3n) is 7.28. The van der Waals surface area contributed by atoms with Gasteiger partial charge in [0.2, 0.25) is 15.9 Å². The Bertz CT molecular complexity index is 1450. The van der Waals surface area contributed by atoms with Crippen LogP contribution in [0.15, 0.2) is 36.7 Å². The summed E-state index contributed by atoms with van der Waals surface area (Å²) >= 11 is 0. The van der Waals surface area contributed by atoms with Crippen LogP contribution in [0.5, 0.6) is 5.88 Å². The SMILES string of the molecule is COc1ncc(-c2ccc3ncc(C#N)c(N4CCN(C)C(C)(C(C)C)C4)c3c2)cc1NS(C)(=O)=O. The number of nitrogens with one attached hydrogen (secondary N) is 1. The molecule has 0 spiro atoms. The summed E-state index contributed by atoms with van der Waals surface area (Å²) in [6.45, 7) is 9.19. The second-order valence-electron chi connectivity index (χ2n) is 9.87. The third kappa shape index (κ3) is 4.81. The highest BCUT2D eigenvalue weighted by Crippen LogP contribution is 2.38. The van der Waals surface area contributed by atoms with Gasteiger partial charge in [0.25, 0.3) is 0 Å². The molecule has 190 valence electrons. The Labute approximate surface area is 212 Å². The summed E-state index contributed by atoms with van der Waals surface area (Å²) in [4.78, 5) is 13.5. The van der Waals surface area contributed by atoms with Crippen LogP contribution < -0.4 is 14.4 Å². The van der Waals surface area contributed by atoms with Crippen LogP contribution in [0.25, 0.3) is 22.0 Å². The number of piperazine rings is 1. The fourth-order valence-corrected chi connectivity index (χ4v) is 5.30. The molecule has 1 unspecified atom stereocenters. The summed E-state index contributed by atoms with van der Waals surface area (Å²) in [6.07, 6.45) is 4.36. The predicted octanol–water partition coefficient (Wildman–Crippen LogP) is 3.72. The zero-order valence-corrected chi connectivity index (χ0v) is 22.3. The molecule has 0 saturated carbocycles. The van der Waals surface area contributed by atoms with Crippen LogP contribution in [-0.2, 0) is 10.0 Å². The van der Waals surface area contributed by atoms with Crippen LogP contribution in [0.1, 0.15) is 26.3 Å². The summed E-state index contributed by atoms with van der Waals surface area (Å²) in [5.74, 6) is 0.607. The first-order chi connectivity index (χ1) is 17.0. The molecule has 3 aromatic rings. The fraction of sp³-hybridized carbons (Fsp3) is 0.423. The second-order valence-corrected chi connectivity index (χ2v) is 11.6. The Hall–Kier alpha value is -3.42. The van der Waals surface area contributed by atoms with Crippen molar-refractivity contribution >= 4 is 32.3 Å². The maximum Gasteiger partial charge on any atom is 0.238 e. The van der Waals surface area contributed by atoms with Gasteiger partial charge >= 0.3 is 0 Å². The number of methoxy groups -OCH3 is 1. The van der Waals surface area contributed by atoms with E-state index in [4.69, 9.17) is 4.74 Å². The summed E-state index contributed by atoms with van der Waals surface area (Å²) in [5, 5.41) is 10.8. The van der Waals surface area contributed by atoms with E-state index in [9.17, 15) is 13.7 Å². The molecule has 10 heteroatoms. The van der Waals surface area contributed by atoms with E-state index in [0.717, 1.165) is 48.0 Å². The topological polar surface area (TPSA) is 111 Å². The molecule has 0 aliphatic carbocycles. The molecule has 1 aliphatic heterocycles. The number of likely N-dealkylation sites (N-methyl/N-ethyl adjacent to an activating group) is 1. The average molecular weight is 509 g/mol. The molecular formula is C26H32N6O3S. The van der Waals surface area contributed by atoms with Crippen molar-refractivity contribution in [2.45, 2.75) is 26.3 Å². The van der Waals surface area contributed by atoms with Crippen LogP contribution in [-0.4, -0.2) is 68.9 Å². The highest BCUT2D eigenvalue weighted by Gasteiger charge is 2.39. The summed E-state index contributed by atoms with van der Waals surface area (Å²) in [5.41, 5.74) is 3.94. The molecule has 1 fully saturated rings. The molecule has 0 bridgehead atoms. The molecule has 9 nitrogen and oxygen atoms in total. The number of sulfonamides is 1. The minimum absolute atomic E-state index is 0.0513. The molecule has 4 rings (SSSR count). The van der Waals surface area contributed by atoms with Gasteiger partial charge in [-0.15, -0.1) is 0 Å². The second kappa shape index (κ2) is 9.56. The first kappa shape index (κ1) is 25.7. The molecule has 1 N–H and O–H groups in total. The van der Waals surface area contributed by atoms with Crippen molar-refractivity contribution in [1.82, 2.24) is 14.9 Å². The number of ether oxygens (including phenoxy) is 1. The molecule has 36 heavy (non-hydrogen) atoms. The van der Waals surface area contributed by atoms with Crippen molar-refractivity contribution in [1.29, 1.82) is 5.26 Å². The maximum absolute atomic E-state index is 11.9. The molecular weight excluding hydrogens is 476 g/mol. The van der Waals surface area contributed by atoms with Crippen molar-refractivity contribution in [3.8, 4) is 23.1 Å². The van der Waals surface area contributed by atoms with E-state index in [1.807, 2.05) is 18.2 Å². The zero-order valence-electron chi connectivity index (χ0n) is 21.5. The van der Waals surface area contributed by atoms with Gasteiger partial charge in [0.15, 0.2) is 0 Å². The van der Waals surface area contributed by atoms with Gasteiger partial charge in [0.1, 0.15) is 11.8 Å². The van der Waals surface area contributed by atoms with Crippen molar-refractivity contribution < 1.29 is 13.2 Å². The van der Waals surface area contributed by atoms with Crippen molar-refractivity contribution in [2.24, 2.45) is 5.92 Å². The Balaban J connectivity index is 1.86. The highest BCUT2D eigenvalue weighted by atomic mass is 32.2. The predicted molar refractivity (Wildman–Crippen MR) is 143 cm³/mol. The van der Waals surface area contributed by atoms with Crippen LogP contribution >= 0.6 is 0 Å². The first-order valence-electron chi connectivity index (χ1n) is 11.8. The number of pyridine rings is 2. The maximum atomic E-state index is 11.9. The van der Waals surface area contributed by atoms with Crippen molar-refractivity contribution in [2.75, 3.05) is 49.7 Å². The highest BCUT2D eigenvalue weighted by molar-refractivity contribution is 7.92. The van der Waals surface area contributed by atoms with Gasteiger partial charge in [0.05, 0.1) is 30.1 Å². The lowest BCUT2D eigenvalue weighted by Gasteiger charge is -2.51. The number of nitrogens with zero attached hydrogens (tertiary/aromatic N) is 5. The zero-order chi connectivity index (χ0) is 26.3. The lowest BCUT2D eigenvalue weighted by molar-refractivity contribution is 0.0745. The molecule has 1 saturated heterocycles. The minimum Gasteiger partial charge on any atom is -0.480 e. The lowest BCUT2D eigenvalue weighted by atomic mass is 9.84. The molecule has 1 aromatic carbocycles. The monoisotopic (exact) mass is 508 g/mol. The number of nitriles is 1. The molecule has 0 amide bonds. The largest absolute Gasteiger partial charge is 0.480 e. The van der Waals surface area contributed by atoms with Crippen LogP contribution in [0, 0.1) is 17.2 Å². The van der Waals surface area contributed by atoms with Gasteiger partial charge in [0, 0.05) is 48.5 Å². The lowest BCUT2D eigenvalue weighted by Crippen LogP contribution is -2.62. The molecule has 1 aliphatic rings. The summed E-state index contributed by atoms with van der Waals surface area (Å²) in [6, 6.07) is 9.87. The van der Waals surface area contributed by atoms with Gasteiger partial charge in [-0.3, -0.25) is 14.6 Å². The summed E-state index contributed by atoms with van der Waals surface area (Å²) in [7, 11) is 0.0721. The molecule has 0 radical (unpaired) electrons. The number of hydrogen-bond acceptors (Lipinski definition) is 8. The van der Waals surface area contributed by atoms with E-state index in [2.05, 4.69) is 58.4 Å². The average Bonchev–Trinajstić information content (AvgIpc) is 2.83. The standard InChI is InChI=1S/C26H32N6O3S/c1-17(2)26(3)16-32(10-9-31(26)4)24-20(13-27)15-28-22-8-7-18(11-21(22)24)19-12-23(30-36(6,33)34)25(35-5)29-14-19/h7-8,11-12,14-15,17,30H,9-10,16H2,1-6H3. The Morgan fingerprint density at radius 3 is 2.56 bits per heavy atom. The van der Waals surface area contributed by atoms with E-state index >= 15 is 0 Å². The molecule has 1 atom stereocenters. The number of benzene rings is 1. The number of aromatic nitrogens is 2. The van der Waals surface area contributed by atoms with Crippen molar-refractivity contribution in [3.63, 3.8) is 0 Å². The van der Waals surface area contributed by atoms with E-state index in [1.54, 1.807) is 18.5 Å². The number of anilines is 2. The Kier molecular flexibility index (Phi) is 6.82. The fourth-order valence-electron chi connectivity index (χ4n) is 4.75. The smallest absolute Gasteiger partial charge is 0.238 e. The van der Waals surface area contributed by atoms with Gasteiger partial charge in [-0.2, -0.15) is 5.26 Å². The van der Waals surface area contributed by atoms with E-state index in [-0.39, 0.29) is 17.1 Å². The first-order valence-corrected chi connectivity index (χ1v) is 13.7. The molecule has 2 aromatic heterocycles. The number of hydrogen-bond donors (Lipinski definition) is 1. The van der Waals surface area contributed by atoms with Gasteiger partial charge in [-0.1, -0.05) is 19.9 Å². The quantitative estimate of drug-likeness (QED) is 0.536. The normalized spacial score (nSPS) is 18.9. The summed E-state index contributed by atoms with van der Waals surface area (Å²) < 4.78 is 31.4. The molecule has 3 heterocycles. The van der Waals surface area contributed by atoms with Gasteiger partial charge in [-0.25, -0.2) is 13.4 Å². The van der Waals surface area contributed by atoms with Crippen molar-refractivity contribution in [3.05, 3.63) is 42.2 Å². The van der Waals surface area contributed by atoms with Crippen LogP contribution in [0.4, 0.5) is 11.4 Å². The van der Waals surface area contributed by atoms with Gasteiger partial charge in [-0.05, 0) is 43.7 Å².